The minimum absolute atomic E-state index is 0.104. The molecule has 34 heavy (non-hydrogen) atoms. The standard InChI is InChI=1S/C23H21F2N5O2S2/c24-14-5-1-12(2-6-14)9-27-21(31)15-7-18-19(8-16(15)25)33-11-17(26)23(32)30(18)10-20-28-29-22(34-20)13-3-4-13/h1-2,5-8,13,17H,3-4,9-11,26H2,(H,27,31)/t17-/m0/s1. The van der Waals surface area contributed by atoms with E-state index in [9.17, 15) is 18.4 Å². The molecule has 3 aromatic rings. The van der Waals surface area contributed by atoms with Crippen LogP contribution in [-0.2, 0) is 17.9 Å². The highest BCUT2D eigenvalue weighted by atomic mass is 32.2. The number of nitrogens with two attached hydrogens (primary N) is 1. The molecule has 1 saturated carbocycles. The van der Waals surface area contributed by atoms with Gasteiger partial charge in [-0.05, 0) is 42.7 Å². The fourth-order valence-electron chi connectivity index (χ4n) is 3.62. The lowest BCUT2D eigenvalue weighted by atomic mass is 10.1. The molecule has 2 aliphatic rings. The topological polar surface area (TPSA) is 101 Å². The Morgan fingerprint density at radius 1 is 1.18 bits per heavy atom. The van der Waals surface area contributed by atoms with Crippen LogP contribution in [0.1, 0.15) is 44.7 Å². The molecule has 11 heteroatoms. The van der Waals surface area contributed by atoms with E-state index in [1.54, 1.807) is 12.1 Å². The fourth-order valence-corrected chi connectivity index (χ4v) is 5.62. The van der Waals surface area contributed by atoms with Gasteiger partial charge in [0.2, 0.25) is 5.91 Å². The first kappa shape index (κ1) is 22.9. The van der Waals surface area contributed by atoms with Gasteiger partial charge < -0.3 is 16.0 Å². The fraction of sp³-hybridized carbons (Fsp3) is 0.304. The highest BCUT2D eigenvalue weighted by Crippen LogP contribution is 2.42. The van der Waals surface area contributed by atoms with Gasteiger partial charge in [-0.3, -0.25) is 9.59 Å². The number of hydrogen-bond donors (Lipinski definition) is 2. The number of thioether (sulfide) groups is 1. The van der Waals surface area contributed by atoms with E-state index in [1.165, 1.54) is 52.3 Å². The smallest absolute Gasteiger partial charge is 0.254 e. The largest absolute Gasteiger partial charge is 0.348 e. The Morgan fingerprint density at radius 2 is 1.94 bits per heavy atom. The summed E-state index contributed by atoms with van der Waals surface area (Å²) in [5, 5.41) is 12.7. The summed E-state index contributed by atoms with van der Waals surface area (Å²) in [7, 11) is 0. The van der Waals surface area contributed by atoms with Gasteiger partial charge in [-0.15, -0.1) is 22.0 Å². The molecule has 0 unspecified atom stereocenters. The van der Waals surface area contributed by atoms with Crippen molar-refractivity contribution in [1.82, 2.24) is 15.5 Å². The van der Waals surface area contributed by atoms with Crippen LogP contribution in [0.25, 0.3) is 0 Å². The van der Waals surface area contributed by atoms with Crippen molar-refractivity contribution in [2.24, 2.45) is 5.73 Å². The number of benzene rings is 2. The number of halogens is 2. The molecule has 2 heterocycles. The molecule has 1 aliphatic heterocycles. The van der Waals surface area contributed by atoms with Crippen molar-refractivity contribution in [3.05, 3.63) is 69.2 Å². The van der Waals surface area contributed by atoms with Crippen molar-refractivity contribution in [3.63, 3.8) is 0 Å². The predicted octanol–water partition coefficient (Wildman–Crippen LogP) is 3.59. The molecule has 7 nitrogen and oxygen atoms in total. The van der Waals surface area contributed by atoms with E-state index in [0.29, 0.717) is 32.8 Å². The van der Waals surface area contributed by atoms with E-state index in [1.807, 2.05) is 0 Å². The summed E-state index contributed by atoms with van der Waals surface area (Å²) >= 11 is 2.73. The summed E-state index contributed by atoms with van der Waals surface area (Å²) < 4.78 is 28.0. The lowest BCUT2D eigenvalue weighted by molar-refractivity contribution is -0.119. The molecule has 176 valence electrons. The summed E-state index contributed by atoms with van der Waals surface area (Å²) in [5.41, 5.74) is 6.98. The van der Waals surface area contributed by atoms with E-state index in [2.05, 4.69) is 15.5 Å². The summed E-state index contributed by atoms with van der Waals surface area (Å²) in [6.45, 7) is 0.249. The molecular weight excluding hydrogens is 480 g/mol. The number of nitrogens with zero attached hydrogens (tertiary/aromatic N) is 3. The van der Waals surface area contributed by atoms with Crippen LogP contribution in [0.2, 0.25) is 0 Å². The van der Waals surface area contributed by atoms with Crippen molar-refractivity contribution < 1.29 is 18.4 Å². The number of carbonyl (C=O) groups excluding carboxylic acids is 2. The Kier molecular flexibility index (Phi) is 6.32. The van der Waals surface area contributed by atoms with E-state index in [-0.39, 0.29) is 30.4 Å². The van der Waals surface area contributed by atoms with Crippen LogP contribution in [-0.4, -0.2) is 33.8 Å². The Morgan fingerprint density at radius 3 is 2.68 bits per heavy atom. The van der Waals surface area contributed by atoms with E-state index < -0.39 is 17.8 Å². The van der Waals surface area contributed by atoms with Gasteiger partial charge in [0.15, 0.2) is 0 Å². The van der Waals surface area contributed by atoms with Crippen LogP contribution in [0.4, 0.5) is 14.5 Å². The molecule has 2 amide bonds. The second-order valence-electron chi connectivity index (χ2n) is 8.26. The molecule has 0 saturated heterocycles. The number of anilines is 1. The van der Waals surface area contributed by atoms with Gasteiger partial charge in [0.05, 0.1) is 23.8 Å². The number of fused-ring (bicyclic) bond motifs is 1. The quantitative estimate of drug-likeness (QED) is 0.535. The van der Waals surface area contributed by atoms with E-state index >= 15 is 0 Å². The van der Waals surface area contributed by atoms with Crippen molar-refractivity contribution in [2.75, 3.05) is 10.7 Å². The molecule has 0 bridgehead atoms. The minimum atomic E-state index is -0.771. The van der Waals surface area contributed by atoms with E-state index in [4.69, 9.17) is 5.73 Å². The summed E-state index contributed by atoms with van der Waals surface area (Å²) in [5.74, 6) is -1.30. The van der Waals surface area contributed by atoms with Gasteiger partial charge >= 0.3 is 0 Å². The first-order chi connectivity index (χ1) is 16.4. The van der Waals surface area contributed by atoms with Crippen LogP contribution in [0.3, 0.4) is 0 Å². The monoisotopic (exact) mass is 501 g/mol. The zero-order valence-electron chi connectivity index (χ0n) is 18.0. The van der Waals surface area contributed by atoms with Gasteiger partial charge in [0.25, 0.3) is 5.91 Å². The van der Waals surface area contributed by atoms with E-state index in [0.717, 1.165) is 17.8 Å². The number of carbonyl (C=O) groups is 2. The third kappa shape index (κ3) is 4.82. The first-order valence-electron chi connectivity index (χ1n) is 10.8. The SMILES string of the molecule is N[C@H]1CSc2cc(F)c(C(=O)NCc3ccc(F)cc3)cc2N(Cc2nnc(C3CC3)s2)C1=O. The molecule has 1 aliphatic carbocycles. The maximum atomic E-state index is 14.9. The van der Waals surface area contributed by atoms with Crippen molar-refractivity contribution in [1.29, 1.82) is 0 Å². The Labute approximate surface area is 202 Å². The third-order valence-corrected chi connectivity index (χ3v) is 7.89. The number of amides is 2. The summed E-state index contributed by atoms with van der Waals surface area (Å²) in [4.78, 5) is 27.9. The minimum Gasteiger partial charge on any atom is -0.348 e. The zero-order valence-corrected chi connectivity index (χ0v) is 19.6. The molecule has 3 N–H and O–H groups in total. The lowest BCUT2D eigenvalue weighted by Gasteiger charge is -2.23. The Hall–Kier alpha value is -2.89. The molecule has 0 radical (unpaired) electrons. The number of rotatable bonds is 6. The molecule has 2 aromatic carbocycles. The number of nitrogens with one attached hydrogen (secondary N) is 1. The molecule has 5 rings (SSSR count). The highest BCUT2D eigenvalue weighted by Gasteiger charge is 2.32. The normalized spacial score (nSPS) is 17.9. The van der Waals surface area contributed by atoms with Crippen LogP contribution in [0, 0.1) is 11.6 Å². The van der Waals surface area contributed by atoms with Crippen molar-refractivity contribution >= 4 is 40.6 Å². The van der Waals surface area contributed by atoms with Gasteiger partial charge in [-0.25, -0.2) is 8.78 Å². The first-order valence-corrected chi connectivity index (χ1v) is 12.6. The second kappa shape index (κ2) is 9.40. The van der Waals surface area contributed by atoms with Crippen molar-refractivity contribution in [2.45, 2.75) is 42.8 Å². The second-order valence-corrected chi connectivity index (χ2v) is 10.4. The summed E-state index contributed by atoms with van der Waals surface area (Å²) in [6.07, 6.45) is 2.19. The Balaban J connectivity index is 1.42. The average Bonchev–Trinajstić information content (AvgIpc) is 3.59. The molecule has 1 fully saturated rings. The molecule has 0 spiro atoms. The third-order valence-electron chi connectivity index (χ3n) is 5.65. The molecular formula is C23H21F2N5O2S2. The highest BCUT2D eigenvalue weighted by molar-refractivity contribution is 7.99. The van der Waals surface area contributed by atoms with Crippen LogP contribution in [0.5, 0.6) is 0 Å². The van der Waals surface area contributed by atoms with Gasteiger partial charge in [-0.2, -0.15) is 0 Å². The van der Waals surface area contributed by atoms with Gasteiger partial charge in [0, 0.05) is 23.1 Å². The van der Waals surface area contributed by atoms with Crippen LogP contribution in [0.15, 0.2) is 41.3 Å². The van der Waals surface area contributed by atoms with Gasteiger partial charge in [0.1, 0.15) is 21.6 Å². The van der Waals surface area contributed by atoms with Crippen LogP contribution < -0.4 is 16.0 Å². The average molecular weight is 502 g/mol. The molecule has 1 atom stereocenters. The number of aromatic nitrogens is 2. The predicted molar refractivity (Wildman–Crippen MR) is 126 cm³/mol. The lowest BCUT2D eigenvalue weighted by Crippen LogP contribution is -2.44. The zero-order chi connectivity index (χ0) is 23.8. The number of hydrogen-bond acceptors (Lipinski definition) is 7. The van der Waals surface area contributed by atoms with Crippen LogP contribution >= 0.6 is 23.1 Å². The van der Waals surface area contributed by atoms with Gasteiger partial charge in [-0.1, -0.05) is 23.5 Å². The molecule has 1 aromatic heterocycles. The maximum Gasteiger partial charge on any atom is 0.254 e. The maximum absolute atomic E-state index is 14.9. The summed E-state index contributed by atoms with van der Waals surface area (Å²) in [6, 6.07) is 7.54. The van der Waals surface area contributed by atoms with Crippen molar-refractivity contribution in [3.8, 4) is 0 Å². The Bertz CT molecular complexity index is 1250.